The van der Waals surface area contributed by atoms with Crippen molar-refractivity contribution >= 4 is 17.3 Å². The Balaban J connectivity index is 2.01. The molecule has 2 N–H and O–H groups in total. The number of nitrogens with zero attached hydrogens (tertiary/aromatic N) is 1. The molecule has 2 rings (SSSR count). The van der Waals surface area contributed by atoms with Gasteiger partial charge in [-0.2, -0.15) is 0 Å². The summed E-state index contributed by atoms with van der Waals surface area (Å²) in [5, 5.41) is 0.775. The Morgan fingerprint density at radius 2 is 2.33 bits per heavy atom. The van der Waals surface area contributed by atoms with E-state index in [0.717, 1.165) is 36.0 Å². The summed E-state index contributed by atoms with van der Waals surface area (Å²) in [7, 11) is 2.08. The third-order valence-electron chi connectivity index (χ3n) is 3.45. The van der Waals surface area contributed by atoms with E-state index in [1.165, 1.54) is 12.8 Å². The molecule has 0 saturated carbocycles. The first kappa shape index (κ1) is 13.7. The van der Waals surface area contributed by atoms with E-state index in [1.807, 2.05) is 18.2 Å². The zero-order valence-corrected chi connectivity index (χ0v) is 11.6. The highest BCUT2D eigenvalue weighted by molar-refractivity contribution is 6.33. The van der Waals surface area contributed by atoms with Crippen molar-refractivity contribution in [2.45, 2.75) is 19.4 Å². The standard InChI is InChI=1S/C14H21ClN2O/c1-17(9-12-3-2-6-18-10-12)14-5-4-11(8-16)7-13(14)15/h4-5,7,12H,2-3,6,8-10,16H2,1H3. The molecule has 0 amide bonds. The van der Waals surface area contributed by atoms with Gasteiger partial charge in [0, 0.05) is 26.7 Å². The first-order valence-electron chi connectivity index (χ1n) is 6.48. The highest BCUT2D eigenvalue weighted by atomic mass is 35.5. The Labute approximate surface area is 114 Å². The number of hydrogen-bond donors (Lipinski definition) is 1. The first-order chi connectivity index (χ1) is 8.70. The minimum Gasteiger partial charge on any atom is -0.381 e. The van der Waals surface area contributed by atoms with Gasteiger partial charge >= 0.3 is 0 Å². The van der Waals surface area contributed by atoms with E-state index in [1.54, 1.807) is 0 Å². The normalized spacial score (nSPS) is 19.8. The fraction of sp³-hybridized carbons (Fsp3) is 0.571. The number of rotatable bonds is 4. The summed E-state index contributed by atoms with van der Waals surface area (Å²) in [6.45, 7) is 3.29. The lowest BCUT2D eigenvalue weighted by molar-refractivity contribution is 0.0576. The highest BCUT2D eigenvalue weighted by Crippen LogP contribution is 2.27. The second-order valence-corrected chi connectivity index (χ2v) is 5.36. The molecule has 100 valence electrons. The predicted octanol–water partition coefficient (Wildman–Crippen LogP) is 2.66. The van der Waals surface area contributed by atoms with Gasteiger partial charge in [0.1, 0.15) is 0 Å². The molecule has 1 unspecified atom stereocenters. The van der Waals surface area contributed by atoms with E-state index < -0.39 is 0 Å². The van der Waals surface area contributed by atoms with E-state index in [-0.39, 0.29) is 0 Å². The molecule has 3 nitrogen and oxygen atoms in total. The topological polar surface area (TPSA) is 38.5 Å². The summed E-state index contributed by atoms with van der Waals surface area (Å²) in [5.74, 6) is 0.606. The maximum absolute atomic E-state index is 6.29. The Hall–Kier alpha value is -0.770. The molecule has 1 aliphatic heterocycles. The number of nitrogens with two attached hydrogens (primary N) is 1. The van der Waals surface area contributed by atoms with Crippen molar-refractivity contribution < 1.29 is 4.74 Å². The largest absolute Gasteiger partial charge is 0.381 e. The van der Waals surface area contributed by atoms with Gasteiger partial charge in [0.05, 0.1) is 17.3 Å². The summed E-state index contributed by atoms with van der Waals surface area (Å²) >= 11 is 6.29. The number of ether oxygens (including phenoxy) is 1. The maximum Gasteiger partial charge on any atom is 0.0642 e. The van der Waals surface area contributed by atoms with Crippen molar-refractivity contribution in [1.29, 1.82) is 0 Å². The van der Waals surface area contributed by atoms with Gasteiger partial charge in [-0.25, -0.2) is 0 Å². The molecule has 1 aromatic carbocycles. The van der Waals surface area contributed by atoms with Crippen LogP contribution in [0, 0.1) is 5.92 Å². The van der Waals surface area contributed by atoms with Crippen LogP contribution >= 0.6 is 11.6 Å². The minimum absolute atomic E-state index is 0.528. The van der Waals surface area contributed by atoms with Crippen LogP contribution in [0.25, 0.3) is 0 Å². The molecule has 1 saturated heterocycles. The quantitative estimate of drug-likeness (QED) is 0.912. The minimum atomic E-state index is 0.528. The number of anilines is 1. The van der Waals surface area contributed by atoms with Crippen molar-refractivity contribution in [3.8, 4) is 0 Å². The molecule has 4 heteroatoms. The smallest absolute Gasteiger partial charge is 0.0642 e. The average molecular weight is 269 g/mol. The van der Waals surface area contributed by atoms with Crippen molar-refractivity contribution in [2.75, 3.05) is 31.7 Å². The van der Waals surface area contributed by atoms with Gasteiger partial charge in [0.2, 0.25) is 0 Å². The van der Waals surface area contributed by atoms with Gasteiger partial charge < -0.3 is 15.4 Å². The van der Waals surface area contributed by atoms with Crippen molar-refractivity contribution in [1.82, 2.24) is 0 Å². The summed E-state index contributed by atoms with van der Waals surface area (Å²) < 4.78 is 5.51. The number of halogens is 1. The Morgan fingerprint density at radius 3 is 2.94 bits per heavy atom. The third-order valence-corrected chi connectivity index (χ3v) is 3.75. The summed E-state index contributed by atoms with van der Waals surface area (Å²) in [4.78, 5) is 2.21. The van der Waals surface area contributed by atoms with Crippen LogP contribution < -0.4 is 10.6 Å². The number of hydrogen-bond acceptors (Lipinski definition) is 3. The van der Waals surface area contributed by atoms with Crippen LogP contribution in [0.5, 0.6) is 0 Å². The average Bonchev–Trinajstić information content (AvgIpc) is 2.39. The van der Waals surface area contributed by atoms with Gasteiger partial charge in [-0.1, -0.05) is 17.7 Å². The summed E-state index contributed by atoms with van der Waals surface area (Å²) in [5.41, 5.74) is 7.74. The first-order valence-corrected chi connectivity index (χ1v) is 6.86. The van der Waals surface area contributed by atoms with Crippen molar-refractivity contribution in [3.63, 3.8) is 0 Å². The van der Waals surface area contributed by atoms with Crippen LogP contribution in [0.2, 0.25) is 5.02 Å². The van der Waals surface area contributed by atoms with E-state index in [2.05, 4.69) is 11.9 Å². The SMILES string of the molecule is CN(CC1CCCOC1)c1ccc(CN)cc1Cl. The number of benzene rings is 1. The van der Waals surface area contributed by atoms with Crippen molar-refractivity contribution in [2.24, 2.45) is 11.7 Å². The van der Waals surface area contributed by atoms with Gasteiger partial charge in [-0.3, -0.25) is 0 Å². The lowest BCUT2D eigenvalue weighted by atomic mass is 10.0. The molecule has 0 aromatic heterocycles. The molecular formula is C14H21ClN2O. The lowest BCUT2D eigenvalue weighted by Gasteiger charge is -2.29. The van der Waals surface area contributed by atoms with Crippen LogP contribution in [0.4, 0.5) is 5.69 Å². The molecular weight excluding hydrogens is 248 g/mol. The second-order valence-electron chi connectivity index (χ2n) is 4.95. The Morgan fingerprint density at radius 1 is 1.50 bits per heavy atom. The predicted molar refractivity (Wildman–Crippen MR) is 76.2 cm³/mol. The lowest BCUT2D eigenvalue weighted by Crippen LogP contribution is -2.31. The van der Waals surface area contributed by atoms with Crippen LogP contribution in [-0.4, -0.2) is 26.8 Å². The van der Waals surface area contributed by atoms with Gasteiger partial charge in [0.25, 0.3) is 0 Å². The van der Waals surface area contributed by atoms with Crippen LogP contribution in [0.1, 0.15) is 18.4 Å². The fourth-order valence-electron chi connectivity index (χ4n) is 2.42. The molecule has 1 heterocycles. The second kappa shape index (κ2) is 6.41. The molecule has 0 radical (unpaired) electrons. The molecule has 18 heavy (non-hydrogen) atoms. The van der Waals surface area contributed by atoms with Gasteiger partial charge in [-0.15, -0.1) is 0 Å². The van der Waals surface area contributed by atoms with E-state index in [4.69, 9.17) is 22.1 Å². The Kier molecular flexibility index (Phi) is 4.87. The maximum atomic E-state index is 6.29. The van der Waals surface area contributed by atoms with E-state index >= 15 is 0 Å². The van der Waals surface area contributed by atoms with E-state index in [0.29, 0.717) is 12.5 Å². The van der Waals surface area contributed by atoms with Gasteiger partial charge in [-0.05, 0) is 36.5 Å². The summed E-state index contributed by atoms with van der Waals surface area (Å²) in [6.07, 6.45) is 2.40. The van der Waals surface area contributed by atoms with Crippen molar-refractivity contribution in [3.05, 3.63) is 28.8 Å². The van der Waals surface area contributed by atoms with Gasteiger partial charge in [0.15, 0.2) is 0 Å². The summed E-state index contributed by atoms with van der Waals surface area (Å²) in [6, 6.07) is 6.04. The zero-order valence-electron chi connectivity index (χ0n) is 10.9. The van der Waals surface area contributed by atoms with Crippen LogP contribution in [0.15, 0.2) is 18.2 Å². The molecule has 0 bridgehead atoms. The molecule has 0 aliphatic carbocycles. The zero-order chi connectivity index (χ0) is 13.0. The monoisotopic (exact) mass is 268 g/mol. The molecule has 0 spiro atoms. The van der Waals surface area contributed by atoms with Crippen LogP contribution in [0.3, 0.4) is 0 Å². The Bertz CT molecular complexity index is 391. The van der Waals surface area contributed by atoms with Crippen LogP contribution in [-0.2, 0) is 11.3 Å². The molecule has 1 aliphatic rings. The third kappa shape index (κ3) is 3.37. The molecule has 1 atom stereocenters. The highest BCUT2D eigenvalue weighted by Gasteiger charge is 2.17. The molecule has 1 aromatic rings. The fourth-order valence-corrected chi connectivity index (χ4v) is 2.77. The van der Waals surface area contributed by atoms with E-state index in [9.17, 15) is 0 Å². The molecule has 1 fully saturated rings.